The maximum atomic E-state index is 12.4. The largest absolute Gasteiger partial charge is 0.452 e. The normalized spacial score (nSPS) is 16.3. The van der Waals surface area contributed by atoms with E-state index < -0.39 is 12.1 Å². The third-order valence-electron chi connectivity index (χ3n) is 4.29. The van der Waals surface area contributed by atoms with Crippen LogP contribution in [0.4, 0.5) is 0 Å². The van der Waals surface area contributed by atoms with Crippen molar-refractivity contribution >= 4 is 11.9 Å². The van der Waals surface area contributed by atoms with E-state index in [2.05, 4.69) is 5.10 Å². The number of carbonyl (C=O) groups excluding carboxylic acids is 2. The molecule has 0 bridgehead atoms. The maximum absolute atomic E-state index is 12.4. The second-order valence-corrected chi connectivity index (χ2v) is 6.26. The molecule has 0 aromatic carbocycles. The molecule has 3 heterocycles. The summed E-state index contributed by atoms with van der Waals surface area (Å²) in [5.41, 5.74) is 0. The molecule has 1 amide bonds. The molecule has 1 saturated heterocycles. The van der Waals surface area contributed by atoms with Crippen molar-refractivity contribution in [3.05, 3.63) is 42.1 Å². The quantitative estimate of drug-likeness (QED) is 0.778. The van der Waals surface area contributed by atoms with E-state index in [1.54, 1.807) is 34.8 Å². The van der Waals surface area contributed by atoms with Gasteiger partial charge in [-0.15, -0.1) is 0 Å². The van der Waals surface area contributed by atoms with E-state index in [1.165, 1.54) is 0 Å². The molecule has 25 heavy (non-hydrogen) atoms. The number of amides is 1. The van der Waals surface area contributed by atoms with Crippen molar-refractivity contribution in [2.45, 2.75) is 45.3 Å². The number of nitrogens with zero attached hydrogens (tertiary/aromatic N) is 3. The predicted octanol–water partition coefficient (Wildman–Crippen LogP) is 2.47. The van der Waals surface area contributed by atoms with Gasteiger partial charge in [-0.25, -0.2) is 4.79 Å². The molecule has 7 heteroatoms. The summed E-state index contributed by atoms with van der Waals surface area (Å²) in [6.07, 6.45) is 6.96. The van der Waals surface area contributed by atoms with Gasteiger partial charge in [-0.3, -0.25) is 9.48 Å². The maximum Gasteiger partial charge on any atom is 0.375 e. The number of likely N-dealkylation sites (tertiary alicyclic amines) is 1. The van der Waals surface area contributed by atoms with Gasteiger partial charge in [0.1, 0.15) is 5.76 Å². The van der Waals surface area contributed by atoms with Crippen molar-refractivity contribution in [2.24, 2.45) is 0 Å². The third kappa shape index (κ3) is 4.49. The summed E-state index contributed by atoms with van der Waals surface area (Å²) in [5, 5.41) is 4.09. The lowest BCUT2D eigenvalue weighted by atomic mass is 10.2. The number of hydrogen-bond donors (Lipinski definition) is 0. The van der Waals surface area contributed by atoms with Crippen molar-refractivity contribution in [1.82, 2.24) is 14.7 Å². The molecule has 7 nitrogen and oxygen atoms in total. The van der Waals surface area contributed by atoms with Crippen molar-refractivity contribution in [3.63, 3.8) is 0 Å². The van der Waals surface area contributed by atoms with E-state index in [9.17, 15) is 9.59 Å². The van der Waals surface area contributed by atoms with Gasteiger partial charge in [0, 0.05) is 25.5 Å². The molecule has 3 rings (SSSR count). The molecule has 134 valence electrons. The monoisotopic (exact) mass is 345 g/mol. The fourth-order valence-electron chi connectivity index (χ4n) is 2.94. The summed E-state index contributed by atoms with van der Waals surface area (Å²) in [7, 11) is 0. The molecule has 1 fully saturated rings. The first-order valence-electron chi connectivity index (χ1n) is 8.69. The van der Waals surface area contributed by atoms with E-state index in [1.807, 2.05) is 12.3 Å². The van der Waals surface area contributed by atoms with Crippen LogP contribution in [0, 0.1) is 0 Å². The van der Waals surface area contributed by atoms with Crippen LogP contribution in [0.5, 0.6) is 0 Å². The van der Waals surface area contributed by atoms with Gasteiger partial charge in [-0.1, -0.05) is 12.8 Å². The van der Waals surface area contributed by atoms with Crippen LogP contribution in [0.2, 0.25) is 0 Å². The number of aromatic nitrogens is 2. The Morgan fingerprint density at radius 3 is 2.68 bits per heavy atom. The van der Waals surface area contributed by atoms with E-state index in [0.29, 0.717) is 12.3 Å². The van der Waals surface area contributed by atoms with Gasteiger partial charge >= 0.3 is 5.97 Å². The average molecular weight is 345 g/mol. The van der Waals surface area contributed by atoms with Crippen molar-refractivity contribution in [1.29, 1.82) is 0 Å². The number of esters is 1. The van der Waals surface area contributed by atoms with Gasteiger partial charge in [0.05, 0.1) is 6.54 Å². The van der Waals surface area contributed by atoms with Crippen LogP contribution in [0.25, 0.3) is 0 Å². The molecule has 0 saturated carbocycles. The molecular formula is C18H23N3O4. The molecule has 1 unspecified atom stereocenters. The number of carbonyl (C=O) groups is 2. The molecule has 0 N–H and O–H groups in total. The second-order valence-electron chi connectivity index (χ2n) is 6.26. The van der Waals surface area contributed by atoms with Crippen LogP contribution >= 0.6 is 0 Å². The first-order valence-corrected chi connectivity index (χ1v) is 8.69. The Kier molecular flexibility index (Phi) is 5.53. The van der Waals surface area contributed by atoms with Crippen molar-refractivity contribution in [2.75, 3.05) is 13.1 Å². The van der Waals surface area contributed by atoms with Gasteiger partial charge in [-0.2, -0.15) is 5.10 Å². The molecular weight excluding hydrogens is 322 g/mol. The van der Waals surface area contributed by atoms with Crippen LogP contribution in [-0.2, 0) is 16.1 Å². The lowest BCUT2D eigenvalue weighted by Gasteiger charge is -2.23. The number of hydrogen-bond acceptors (Lipinski definition) is 5. The molecule has 1 atom stereocenters. The van der Waals surface area contributed by atoms with Gasteiger partial charge in [-0.05, 0) is 38.0 Å². The Morgan fingerprint density at radius 1 is 1.24 bits per heavy atom. The van der Waals surface area contributed by atoms with E-state index in [0.717, 1.165) is 38.8 Å². The minimum absolute atomic E-state index is 0.0951. The zero-order chi connectivity index (χ0) is 17.6. The highest BCUT2D eigenvalue weighted by atomic mass is 16.6. The molecule has 2 aromatic heterocycles. The predicted molar refractivity (Wildman–Crippen MR) is 90.0 cm³/mol. The standard InChI is InChI=1S/C18H23N3O4/c1-14(17(22)20-10-4-2-3-5-11-20)24-18(23)16-8-7-15(25-16)13-21-12-6-9-19-21/h6-9,12,14H,2-5,10-11,13H2,1H3. The van der Waals surface area contributed by atoms with Crippen LogP contribution in [0.15, 0.2) is 35.0 Å². The third-order valence-corrected chi connectivity index (χ3v) is 4.29. The minimum Gasteiger partial charge on any atom is -0.452 e. The first kappa shape index (κ1) is 17.3. The van der Waals surface area contributed by atoms with Crippen LogP contribution in [0.1, 0.15) is 48.9 Å². The Morgan fingerprint density at radius 2 is 2.00 bits per heavy atom. The number of ether oxygens (including phenoxy) is 1. The lowest BCUT2D eigenvalue weighted by molar-refractivity contribution is -0.139. The van der Waals surface area contributed by atoms with Crippen molar-refractivity contribution < 1.29 is 18.7 Å². The SMILES string of the molecule is CC(OC(=O)c1ccc(Cn2cccn2)o1)C(=O)N1CCCCCC1. The highest BCUT2D eigenvalue weighted by molar-refractivity contribution is 5.90. The zero-order valence-electron chi connectivity index (χ0n) is 14.4. The second kappa shape index (κ2) is 8.00. The van der Waals surface area contributed by atoms with E-state index >= 15 is 0 Å². The Hall–Kier alpha value is -2.57. The van der Waals surface area contributed by atoms with Crippen molar-refractivity contribution in [3.8, 4) is 0 Å². The van der Waals surface area contributed by atoms with E-state index in [4.69, 9.17) is 9.15 Å². The molecule has 0 radical (unpaired) electrons. The summed E-state index contributed by atoms with van der Waals surface area (Å²) < 4.78 is 12.5. The molecule has 1 aliphatic heterocycles. The van der Waals surface area contributed by atoms with Gasteiger partial charge in [0.2, 0.25) is 5.76 Å². The molecule has 0 aliphatic carbocycles. The summed E-state index contributed by atoms with van der Waals surface area (Å²) in [6, 6.07) is 5.08. The number of rotatable bonds is 5. The fourth-order valence-corrected chi connectivity index (χ4v) is 2.94. The van der Waals surface area contributed by atoms with E-state index in [-0.39, 0.29) is 11.7 Å². The smallest absolute Gasteiger partial charge is 0.375 e. The summed E-state index contributed by atoms with van der Waals surface area (Å²) in [4.78, 5) is 26.4. The average Bonchev–Trinajstić information content (AvgIpc) is 3.21. The van der Waals surface area contributed by atoms with Crippen LogP contribution < -0.4 is 0 Å². The minimum atomic E-state index is -0.815. The Balaban J connectivity index is 1.55. The molecule has 1 aliphatic rings. The zero-order valence-corrected chi connectivity index (χ0v) is 14.4. The highest BCUT2D eigenvalue weighted by Gasteiger charge is 2.26. The molecule has 0 spiro atoms. The Bertz CT molecular complexity index is 700. The Labute approximate surface area is 146 Å². The first-order chi connectivity index (χ1) is 12.1. The van der Waals surface area contributed by atoms with Crippen LogP contribution in [0.3, 0.4) is 0 Å². The van der Waals surface area contributed by atoms with Gasteiger partial charge in [0.25, 0.3) is 5.91 Å². The fraction of sp³-hybridized carbons (Fsp3) is 0.500. The lowest BCUT2D eigenvalue weighted by Crippen LogP contribution is -2.40. The number of furan rings is 1. The molecule has 2 aromatic rings. The summed E-state index contributed by atoms with van der Waals surface area (Å²) >= 11 is 0. The topological polar surface area (TPSA) is 77.6 Å². The van der Waals surface area contributed by atoms with Gasteiger partial charge in [0.15, 0.2) is 6.10 Å². The van der Waals surface area contributed by atoms with Gasteiger partial charge < -0.3 is 14.1 Å². The summed E-state index contributed by atoms with van der Waals surface area (Å²) in [6.45, 7) is 3.51. The van der Waals surface area contributed by atoms with Crippen LogP contribution in [-0.4, -0.2) is 45.8 Å². The summed E-state index contributed by atoms with van der Waals surface area (Å²) in [5.74, 6) is -0.0687. The highest BCUT2D eigenvalue weighted by Crippen LogP contribution is 2.14.